The smallest absolute Gasteiger partial charge is 0.000719 e. The van der Waals surface area contributed by atoms with E-state index in [1.165, 1.54) is 132 Å². The highest BCUT2D eigenvalue weighted by Gasteiger charge is 2.32. The predicted molar refractivity (Wildman–Crippen MR) is 257 cm³/mol. The van der Waals surface area contributed by atoms with Gasteiger partial charge in [-0.3, -0.25) is 0 Å². The standard InChI is InChI=1S/C60H36/c1-5-15-37(16-6-1)47-25-14-26-48(38-17-7-2-8-18-38)54(47)45-30-29-43-34-50-51(36-46(43)33-45)55(39-19-9-3-10-20-39)59-49-32-31-42-28-27-41-23-13-24-44-35-52(58(49)57(42)53(41)44)60(59)56(50)40-21-11-4-12-22-40/h1-36H. The molecule has 12 aromatic carbocycles. The summed E-state index contributed by atoms with van der Waals surface area (Å²) < 4.78 is 0. The van der Waals surface area contributed by atoms with Crippen molar-refractivity contribution in [2.24, 2.45) is 0 Å². The summed E-state index contributed by atoms with van der Waals surface area (Å²) in [5, 5.41) is 13.0. The van der Waals surface area contributed by atoms with Crippen LogP contribution in [0.5, 0.6) is 0 Å². The van der Waals surface area contributed by atoms with Crippen molar-refractivity contribution >= 4 is 53.9 Å². The average Bonchev–Trinajstić information content (AvgIpc) is 3.64. The minimum Gasteiger partial charge on any atom is -0.0622 e. The van der Waals surface area contributed by atoms with Gasteiger partial charge in [0.1, 0.15) is 0 Å². The molecule has 1 aliphatic carbocycles. The van der Waals surface area contributed by atoms with Crippen LogP contribution in [0.2, 0.25) is 0 Å². The molecule has 1 aliphatic rings. The second kappa shape index (κ2) is 12.9. The van der Waals surface area contributed by atoms with Crippen LogP contribution in [-0.4, -0.2) is 0 Å². The summed E-state index contributed by atoms with van der Waals surface area (Å²) in [5.74, 6) is 0. The fourth-order valence-corrected chi connectivity index (χ4v) is 10.6. The van der Waals surface area contributed by atoms with Gasteiger partial charge in [0.05, 0.1) is 0 Å². The molecule has 0 amide bonds. The second-order valence-electron chi connectivity index (χ2n) is 16.3. The largest absolute Gasteiger partial charge is 0.0622 e. The summed E-state index contributed by atoms with van der Waals surface area (Å²) in [6.07, 6.45) is 0. The first-order valence-corrected chi connectivity index (χ1v) is 20.9. The van der Waals surface area contributed by atoms with Gasteiger partial charge in [-0.25, -0.2) is 0 Å². The lowest BCUT2D eigenvalue weighted by molar-refractivity contribution is 1.57. The van der Waals surface area contributed by atoms with Crippen molar-refractivity contribution in [1.29, 1.82) is 0 Å². The van der Waals surface area contributed by atoms with Crippen LogP contribution in [0.25, 0.3) is 132 Å². The Hall–Kier alpha value is -7.80. The summed E-state index contributed by atoms with van der Waals surface area (Å²) in [5.41, 5.74) is 17.7. The van der Waals surface area contributed by atoms with Gasteiger partial charge in [0.2, 0.25) is 0 Å². The molecule has 60 heavy (non-hydrogen) atoms. The third kappa shape index (κ3) is 4.79. The molecule has 0 saturated heterocycles. The van der Waals surface area contributed by atoms with Crippen LogP contribution < -0.4 is 0 Å². The summed E-state index contributed by atoms with van der Waals surface area (Å²) in [6, 6.07) is 81.3. The summed E-state index contributed by atoms with van der Waals surface area (Å²) in [4.78, 5) is 0. The third-order valence-corrected chi connectivity index (χ3v) is 13.1. The van der Waals surface area contributed by atoms with E-state index in [1.807, 2.05) is 0 Å². The van der Waals surface area contributed by atoms with E-state index in [0.717, 1.165) is 0 Å². The highest BCUT2D eigenvalue weighted by atomic mass is 14.3. The zero-order valence-electron chi connectivity index (χ0n) is 32.8. The monoisotopic (exact) mass is 756 g/mol. The van der Waals surface area contributed by atoms with Crippen molar-refractivity contribution in [2.75, 3.05) is 0 Å². The maximum Gasteiger partial charge on any atom is -0.000719 e. The third-order valence-electron chi connectivity index (χ3n) is 13.1. The van der Waals surface area contributed by atoms with Gasteiger partial charge < -0.3 is 0 Å². The molecule has 0 N–H and O–H groups in total. The lowest BCUT2D eigenvalue weighted by Gasteiger charge is -2.21. The Morgan fingerprint density at radius 3 is 1.28 bits per heavy atom. The van der Waals surface area contributed by atoms with Crippen LogP contribution in [0.15, 0.2) is 218 Å². The van der Waals surface area contributed by atoms with Crippen LogP contribution >= 0.6 is 0 Å². The molecule has 0 heterocycles. The minimum atomic E-state index is 1.21. The Morgan fingerprint density at radius 2 is 0.667 bits per heavy atom. The molecule has 0 nitrogen and oxygen atoms in total. The van der Waals surface area contributed by atoms with E-state index < -0.39 is 0 Å². The van der Waals surface area contributed by atoms with Crippen molar-refractivity contribution in [3.63, 3.8) is 0 Å². The number of benzene rings is 12. The maximum atomic E-state index is 2.49. The van der Waals surface area contributed by atoms with Gasteiger partial charge in [0.15, 0.2) is 0 Å². The van der Waals surface area contributed by atoms with E-state index in [1.54, 1.807) is 0 Å². The number of fused-ring (bicyclic) bond motifs is 5. The highest BCUT2D eigenvalue weighted by molar-refractivity contribution is 6.36. The summed E-state index contributed by atoms with van der Waals surface area (Å²) >= 11 is 0. The molecular formula is C60H36. The molecule has 0 atom stereocenters. The molecular weight excluding hydrogens is 721 g/mol. The number of hydrogen-bond acceptors (Lipinski definition) is 0. The van der Waals surface area contributed by atoms with E-state index in [2.05, 4.69) is 218 Å². The van der Waals surface area contributed by atoms with Gasteiger partial charge in [-0.15, -0.1) is 0 Å². The molecule has 0 saturated carbocycles. The first-order chi connectivity index (χ1) is 29.8. The Balaban J connectivity index is 1.17. The Kier molecular flexibility index (Phi) is 7.11. The van der Waals surface area contributed by atoms with Gasteiger partial charge in [-0.2, -0.15) is 0 Å². The Morgan fingerprint density at radius 1 is 0.183 bits per heavy atom. The van der Waals surface area contributed by atoms with E-state index in [-0.39, 0.29) is 0 Å². The first-order valence-electron chi connectivity index (χ1n) is 20.9. The lowest BCUT2D eigenvalue weighted by Crippen LogP contribution is -1.94. The van der Waals surface area contributed by atoms with Crippen LogP contribution in [0.4, 0.5) is 0 Å². The number of rotatable bonds is 5. The number of hydrogen-bond donors (Lipinski definition) is 0. The Bertz CT molecular complexity index is 3600. The topological polar surface area (TPSA) is 0 Å². The second-order valence-corrected chi connectivity index (χ2v) is 16.3. The van der Waals surface area contributed by atoms with Crippen molar-refractivity contribution in [3.8, 4) is 77.9 Å². The summed E-state index contributed by atoms with van der Waals surface area (Å²) in [7, 11) is 0. The van der Waals surface area contributed by atoms with Gasteiger partial charge in [-0.05, 0) is 156 Å². The van der Waals surface area contributed by atoms with Gasteiger partial charge >= 0.3 is 0 Å². The molecule has 0 radical (unpaired) electrons. The van der Waals surface area contributed by atoms with E-state index >= 15 is 0 Å². The van der Waals surface area contributed by atoms with Gasteiger partial charge in [0, 0.05) is 0 Å². The molecule has 0 heteroatoms. The lowest BCUT2D eigenvalue weighted by atomic mass is 9.81. The van der Waals surface area contributed by atoms with Crippen molar-refractivity contribution in [2.45, 2.75) is 0 Å². The molecule has 12 aromatic rings. The average molecular weight is 757 g/mol. The van der Waals surface area contributed by atoms with E-state index in [4.69, 9.17) is 0 Å². The normalized spacial score (nSPS) is 12.0. The van der Waals surface area contributed by atoms with Crippen molar-refractivity contribution < 1.29 is 0 Å². The van der Waals surface area contributed by atoms with Crippen molar-refractivity contribution in [3.05, 3.63) is 218 Å². The maximum absolute atomic E-state index is 2.49. The minimum absolute atomic E-state index is 1.21. The first kappa shape index (κ1) is 33.2. The highest BCUT2D eigenvalue weighted by Crippen LogP contribution is 2.60. The van der Waals surface area contributed by atoms with E-state index in [9.17, 15) is 0 Å². The fraction of sp³-hybridized carbons (Fsp3) is 0. The molecule has 0 aliphatic heterocycles. The zero-order chi connectivity index (χ0) is 39.3. The molecule has 0 aromatic heterocycles. The molecule has 0 bridgehead atoms. The zero-order valence-corrected chi connectivity index (χ0v) is 32.8. The van der Waals surface area contributed by atoms with Gasteiger partial charge in [0.25, 0.3) is 0 Å². The van der Waals surface area contributed by atoms with E-state index in [0.29, 0.717) is 0 Å². The van der Waals surface area contributed by atoms with Crippen LogP contribution in [-0.2, 0) is 0 Å². The SMILES string of the molecule is c1ccc(-c2cccc(-c3ccccc3)c2-c2ccc3cc4c(-c5ccccc5)c5c(c(-c6ccccc6)c4cc3c2)-c2ccc3ccc4cccc6cc-5c2c3c46)cc1. The Labute approximate surface area is 348 Å². The molecule has 0 unspecified atom stereocenters. The van der Waals surface area contributed by atoms with Crippen LogP contribution in [0.1, 0.15) is 0 Å². The molecule has 276 valence electrons. The molecule has 13 rings (SSSR count). The van der Waals surface area contributed by atoms with Crippen LogP contribution in [0, 0.1) is 0 Å². The van der Waals surface area contributed by atoms with Crippen LogP contribution in [0.3, 0.4) is 0 Å². The summed E-state index contributed by atoms with van der Waals surface area (Å²) in [6.45, 7) is 0. The quantitative estimate of drug-likeness (QED) is 0.121. The fourth-order valence-electron chi connectivity index (χ4n) is 10.6. The molecule has 0 fully saturated rings. The van der Waals surface area contributed by atoms with Crippen molar-refractivity contribution in [1.82, 2.24) is 0 Å². The van der Waals surface area contributed by atoms with Gasteiger partial charge in [-0.1, -0.05) is 194 Å². The molecule has 0 spiro atoms. The predicted octanol–water partition coefficient (Wildman–Crippen LogP) is 16.9.